The van der Waals surface area contributed by atoms with Gasteiger partial charge in [-0.15, -0.1) is 0 Å². The van der Waals surface area contributed by atoms with Crippen LogP contribution in [0, 0.1) is 0 Å². The van der Waals surface area contributed by atoms with Gasteiger partial charge in [0.15, 0.2) is 0 Å². The number of aromatic nitrogens is 1. The third-order valence-electron chi connectivity index (χ3n) is 4.26. The van der Waals surface area contributed by atoms with E-state index in [0.717, 1.165) is 11.3 Å². The van der Waals surface area contributed by atoms with Crippen LogP contribution in [0.2, 0.25) is 5.02 Å². The zero-order valence-corrected chi connectivity index (χ0v) is 15.5. The number of amides is 1. The number of anilines is 1. The summed E-state index contributed by atoms with van der Waals surface area (Å²) in [6.45, 7) is 0. The van der Waals surface area contributed by atoms with Crippen molar-refractivity contribution in [3.8, 4) is 0 Å². The molecule has 1 aromatic heterocycles. The van der Waals surface area contributed by atoms with Crippen LogP contribution in [0.5, 0.6) is 0 Å². The molecule has 0 saturated heterocycles. The first-order chi connectivity index (χ1) is 11.6. The molecule has 3 nitrogen and oxygen atoms in total. The van der Waals surface area contributed by atoms with Crippen molar-refractivity contribution in [3.05, 3.63) is 83.6 Å². The molecule has 0 bridgehead atoms. The van der Waals surface area contributed by atoms with Gasteiger partial charge in [0.1, 0.15) is 0 Å². The molecule has 1 aliphatic heterocycles. The third kappa shape index (κ3) is 2.22. The van der Waals surface area contributed by atoms with Crippen molar-refractivity contribution in [3.63, 3.8) is 0 Å². The van der Waals surface area contributed by atoms with Crippen molar-refractivity contribution in [1.29, 1.82) is 0 Å². The van der Waals surface area contributed by atoms with Crippen LogP contribution in [0.1, 0.15) is 5.56 Å². The summed E-state index contributed by atoms with van der Waals surface area (Å²) >= 11 is 6.06. The molecular formula is C19H15ClN2OSe. The molecule has 5 heteroatoms. The van der Waals surface area contributed by atoms with Crippen molar-refractivity contribution < 1.29 is 4.79 Å². The zero-order chi connectivity index (χ0) is 16.7. The van der Waals surface area contributed by atoms with Gasteiger partial charge in [-0.2, -0.15) is 0 Å². The summed E-state index contributed by atoms with van der Waals surface area (Å²) in [6.07, 6.45) is 3.94. The summed E-state index contributed by atoms with van der Waals surface area (Å²) < 4.78 is 2.51. The Kier molecular flexibility index (Phi) is 3.76. The SMILES string of the molecule is CN1C(=O)C([Se]c2ccccc2)(n2cccc2)c2ccc(Cl)cc21. The Balaban J connectivity index is 1.96. The van der Waals surface area contributed by atoms with Gasteiger partial charge in [0, 0.05) is 0 Å². The molecule has 0 fully saturated rings. The molecule has 1 unspecified atom stereocenters. The molecule has 1 aliphatic rings. The predicted octanol–water partition coefficient (Wildman–Crippen LogP) is 2.85. The van der Waals surface area contributed by atoms with E-state index in [1.165, 1.54) is 4.46 Å². The van der Waals surface area contributed by atoms with Crippen molar-refractivity contribution >= 4 is 42.6 Å². The van der Waals surface area contributed by atoms with Gasteiger partial charge in [-0.1, -0.05) is 0 Å². The summed E-state index contributed by atoms with van der Waals surface area (Å²) in [7, 11) is 1.82. The number of halogens is 1. The normalized spacial score (nSPS) is 19.6. The van der Waals surface area contributed by atoms with Gasteiger partial charge in [0.2, 0.25) is 0 Å². The van der Waals surface area contributed by atoms with Crippen LogP contribution in [0.15, 0.2) is 73.1 Å². The number of nitrogens with zero attached hydrogens (tertiary/aromatic N) is 2. The van der Waals surface area contributed by atoms with Crippen LogP contribution >= 0.6 is 11.6 Å². The first-order valence-corrected chi connectivity index (χ1v) is 9.68. The van der Waals surface area contributed by atoms with Gasteiger partial charge in [0.05, 0.1) is 0 Å². The van der Waals surface area contributed by atoms with E-state index in [1.54, 1.807) is 4.90 Å². The van der Waals surface area contributed by atoms with E-state index in [-0.39, 0.29) is 20.9 Å². The van der Waals surface area contributed by atoms with Crippen LogP contribution in [-0.2, 0) is 9.23 Å². The van der Waals surface area contributed by atoms with E-state index in [0.29, 0.717) is 5.02 Å². The summed E-state index contributed by atoms with van der Waals surface area (Å²) in [5.41, 5.74) is 1.90. The fraction of sp³-hybridized carbons (Fsp3) is 0.105. The number of carbonyl (C=O) groups excluding carboxylic acids is 1. The van der Waals surface area contributed by atoms with E-state index >= 15 is 0 Å². The maximum absolute atomic E-state index is 13.4. The van der Waals surface area contributed by atoms with E-state index in [2.05, 4.69) is 12.1 Å². The molecular weight excluding hydrogens is 387 g/mol. The summed E-state index contributed by atoms with van der Waals surface area (Å²) in [5, 5.41) is 0.643. The molecule has 3 aromatic rings. The number of likely N-dealkylation sites (N-methyl/N-ethyl adjacent to an activating group) is 1. The Morgan fingerprint density at radius 1 is 1.00 bits per heavy atom. The second kappa shape index (κ2) is 5.82. The Morgan fingerprint density at radius 3 is 2.42 bits per heavy atom. The Labute approximate surface area is 152 Å². The number of benzene rings is 2. The number of rotatable bonds is 3. The standard InChI is InChI=1S/C19H15ClN2OSe/c1-21-17-13-14(20)9-10-16(17)19(18(21)23,22-11-5-6-12-22)24-15-7-3-2-4-8-15/h2-13H,1H3. The Bertz CT molecular complexity index is 895. The molecule has 0 saturated carbocycles. The summed E-state index contributed by atoms with van der Waals surface area (Å²) in [6, 6.07) is 19.9. The van der Waals surface area contributed by atoms with Crippen LogP contribution in [-0.4, -0.2) is 32.5 Å². The average Bonchev–Trinajstić information content (AvgIpc) is 3.20. The average molecular weight is 402 g/mol. The number of hydrogen-bond acceptors (Lipinski definition) is 1. The van der Waals surface area contributed by atoms with Crippen LogP contribution in [0.4, 0.5) is 5.69 Å². The Hall–Kier alpha value is -2.00. The molecule has 1 amide bonds. The molecule has 0 radical (unpaired) electrons. The van der Waals surface area contributed by atoms with Crippen LogP contribution in [0.25, 0.3) is 0 Å². The molecule has 2 heterocycles. The second-order valence-electron chi connectivity index (χ2n) is 5.68. The predicted molar refractivity (Wildman–Crippen MR) is 98.2 cm³/mol. The fourth-order valence-electron chi connectivity index (χ4n) is 3.13. The zero-order valence-electron chi connectivity index (χ0n) is 13.0. The van der Waals surface area contributed by atoms with Crippen molar-refractivity contribution in [2.75, 3.05) is 11.9 Å². The molecule has 0 aliphatic carbocycles. The molecule has 24 heavy (non-hydrogen) atoms. The minimum atomic E-state index is -0.716. The molecule has 1 atom stereocenters. The van der Waals surface area contributed by atoms with E-state index in [1.807, 2.05) is 72.5 Å². The topological polar surface area (TPSA) is 25.2 Å². The first kappa shape index (κ1) is 15.5. The van der Waals surface area contributed by atoms with Gasteiger partial charge < -0.3 is 0 Å². The maximum atomic E-state index is 13.4. The van der Waals surface area contributed by atoms with Crippen LogP contribution in [0.3, 0.4) is 0 Å². The van der Waals surface area contributed by atoms with Gasteiger partial charge in [-0.3, -0.25) is 0 Å². The van der Waals surface area contributed by atoms with Crippen LogP contribution < -0.4 is 9.36 Å². The first-order valence-electron chi connectivity index (χ1n) is 7.58. The van der Waals surface area contributed by atoms with E-state index < -0.39 is 4.44 Å². The number of carbonyl (C=O) groups is 1. The molecule has 0 spiro atoms. The number of hydrogen-bond donors (Lipinski definition) is 0. The van der Waals surface area contributed by atoms with Crippen molar-refractivity contribution in [1.82, 2.24) is 4.57 Å². The molecule has 0 N–H and O–H groups in total. The fourth-order valence-corrected chi connectivity index (χ4v) is 6.16. The molecule has 120 valence electrons. The third-order valence-corrected chi connectivity index (χ3v) is 7.45. The van der Waals surface area contributed by atoms with Crippen molar-refractivity contribution in [2.45, 2.75) is 4.44 Å². The minimum absolute atomic E-state index is 0.0832. The quantitative estimate of drug-likeness (QED) is 0.620. The summed E-state index contributed by atoms with van der Waals surface area (Å²) in [5.74, 6) is 0.0832. The monoisotopic (exact) mass is 402 g/mol. The molecule has 2 aromatic carbocycles. The summed E-state index contributed by atoms with van der Waals surface area (Å²) in [4.78, 5) is 15.1. The van der Waals surface area contributed by atoms with Gasteiger partial charge >= 0.3 is 152 Å². The van der Waals surface area contributed by atoms with Crippen molar-refractivity contribution in [2.24, 2.45) is 0 Å². The van der Waals surface area contributed by atoms with Gasteiger partial charge in [0.25, 0.3) is 0 Å². The van der Waals surface area contributed by atoms with E-state index in [9.17, 15) is 4.79 Å². The van der Waals surface area contributed by atoms with Gasteiger partial charge in [-0.05, 0) is 0 Å². The van der Waals surface area contributed by atoms with Gasteiger partial charge in [-0.25, -0.2) is 0 Å². The molecule has 4 rings (SSSR count). The number of fused-ring (bicyclic) bond motifs is 1. The van der Waals surface area contributed by atoms with E-state index in [4.69, 9.17) is 11.6 Å². The second-order valence-corrected chi connectivity index (χ2v) is 8.77. The Morgan fingerprint density at radius 2 is 1.71 bits per heavy atom.